The van der Waals surface area contributed by atoms with Gasteiger partial charge in [-0.05, 0) is 37.6 Å². The van der Waals surface area contributed by atoms with Gasteiger partial charge in [0.2, 0.25) is 5.91 Å². The highest BCUT2D eigenvalue weighted by molar-refractivity contribution is 5.86. The minimum absolute atomic E-state index is 0.0128. The van der Waals surface area contributed by atoms with E-state index in [2.05, 4.69) is 5.32 Å². The Balaban J connectivity index is 2.40. The van der Waals surface area contributed by atoms with Crippen molar-refractivity contribution in [3.05, 3.63) is 29.6 Å². The molecule has 0 bridgehead atoms. The molecule has 1 heterocycles. The number of amides is 1. The molecule has 2 atom stereocenters. The van der Waals surface area contributed by atoms with Gasteiger partial charge in [0, 0.05) is 24.8 Å². The van der Waals surface area contributed by atoms with E-state index in [1.165, 1.54) is 12.1 Å². The van der Waals surface area contributed by atoms with Crippen LogP contribution in [0.3, 0.4) is 0 Å². The molecule has 1 fully saturated rings. The lowest BCUT2D eigenvalue weighted by Gasteiger charge is -2.36. The molecule has 1 aliphatic rings. The molecule has 2 rings (SSSR count). The molecule has 3 N–H and O–H groups in total. The summed E-state index contributed by atoms with van der Waals surface area (Å²) in [6, 6.07) is 4.01. The van der Waals surface area contributed by atoms with Gasteiger partial charge < -0.3 is 16.0 Å². The Hall–Kier alpha value is -1.62. The standard InChI is InChI=1S/C13H18FN3O/c1-8(15)11-7-10(14)3-4-12(11)17-6-5-16-13(18)9(17)2/h3-4,7-9H,5-6,15H2,1-2H3,(H,16,18)/t8-,9?/m0/s1. The van der Waals surface area contributed by atoms with Crippen molar-refractivity contribution in [1.82, 2.24) is 5.32 Å². The van der Waals surface area contributed by atoms with E-state index in [9.17, 15) is 9.18 Å². The van der Waals surface area contributed by atoms with Gasteiger partial charge in [-0.3, -0.25) is 4.79 Å². The van der Waals surface area contributed by atoms with E-state index in [-0.39, 0.29) is 23.8 Å². The third kappa shape index (κ3) is 2.31. The van der Waals surface area contributed by atoms with Crippen LogP contribution < -0.4 is 16.0 Å². The summed E-state index contributed by atoms with van der Waals surface area (Å²) in [6.45, 7) is 4.95. The van der Waals surface area contributed by atoms with Crippen molar-refractivity contribution in [3.63, 3.8) is 0 Å². The van der Waals surface area contributed by atoms with Gasteiger partial charge in [-0.1, -0.05) is 0 Å². The number of rotatable bonds is 2. The molecule has 0 spiro atoms. The van der Waals surface area contributed by atoms with Crippen LogP contribution in [0.15, 0.2) is 18.2 Å². The number of nitrogens with two attached hydrogens (primary N) is 1. The van der Waals surface area contributed by atoms with Crippen molar-refractivity contribution >= 4 is 11.6 Å². The first-order valence-electron chi connectivity index (χ1n) is 6.10. The predicted molar refractivity (Wildman–Crippen MR) is 68.8 cm³/mol. The molecule has 0 aliphatic carbocycles. The van der Waals surface area contributed by atoms with Crippen LogP contribution in [0.2, 0.25) is 0 Å². The number of carbonyl (C=O) groups is 1. The zero-order valence-electron chi connectivity index (χ0n) is 10.6. The number of anilines is 1. The smallest absolute Gasteiger partial charge is 0.242 e. The molecule has 0 aromatic heterocycles. The molecule has 1 unspecified atom stereocenters. The van der Waals surface area contributed by atoms with Gasteiger partial charge in [-0.2, -0.15) is 0 Å². The zero-order chi connectivity index (χ0) is 13.3. The van der Waals surface area contributed by atoms with E-state index in [1.54, 1.807) is 6.07 Å². The maximum Gasteiger partial charge on any atom is 0.242 e. The van der Waals surface area contributed by atoms with Crippen molar-refractivity contribution in [2.24, 2.45) is 5.73 Å². The Bertz CT molecular complexity index is 462. The third-order valence-electron chi connectivity index (χ3n) is 3.29. The topological polar surface area (TPSA) is 58.4 Å². The molecule has 1 aliphatic heterocycles. The number of piperazine rings is 1. The average Bonchev–Trinajstić information content (AvgIpc) is 2.33. The van der Waals surface area contributed by atoms with E-state index in [0.717, 1.165) is 11.3 Å². The third-order valence-corrected chi connectivity index (χ3v) is 3.29. The van der Waals surface area contributed by atoms with Gasteiger partial charge in [0.25, 0.3) is 0 Å². The number of halogens is 1. The minimum atomic E-state index is -0.305. The van der Waals surface area contributed by atoms with E-state index in [1.807, 2.05) is 18.7 Å². The lowest BCUT2D eigenvalue weighted by Crippen LogP contribution is -2.54. The Kier molecular flexibility index (Phi) is 3.52. The maximum absolute atomic E-state index is 13.3. The van der Waals surface area contributed by atoms with E-state index in [0.29, 0.717) is 13.1 Å². The van der Waals surface area contributed by atoms with E-state index in [4.69, 9.17) is 5.73 Å². The molecular weight excluding hydrogens is 233 g/mol. The summed E-state index contributed by atoms with van der Waals surface area (Å²) in [5.41, 5.74) is 7.45. The number of carbonyl (C=O) groups excluding carboxylic acids is 1. The van der Waals surface area contributed by atoms with Crippen molar-refractivity contribution < 1.29 is 9.18 Å². The molecule has 18 heavy (non-hydrogen) atoms. The number of nitrogens with one attached hydrogen (secondary N) is 1. The predicted octanol–water partition coefficient (Wildman–Crippen LogP) is 1.17. The van der Waals surface area contributed by atoms with Crippen LogP contribution in [0.4, 0.5) is 10.1 Å². The van der Waals surface area contributed by atoms with Crippen LogP contribution in [-0.4, -0.2) is 25.0 Å². The second-order valence-corrected chi connectivity index (χ2v) is 4.65. The molecule has 98 valence electrons. The summed E-state index contributed by atoms with van der Waals surface area (Å²) in [5.74, 6) is -0.318. The maximum atomic E-state index is 13.3. The molecule has 1 amide bonds. The van der Waals surface area contributed by atoms with Gasteiger partial charge in [-0.15, -0.1) is 0 Å². The molecule has 4 nitrogen and oxygen atoms in total. The summed E-state index contributed by atoms with van der Waals surface area (Å²) >= 11 is 0. The van der Waals surface area contributed by atoms with Crippen LogP contribution in [0, 0.1) is 5.82 Å². The Morgan fingerprint density at radius 3 is 2.94 bits per heavy atom. The fraction of sp³-hybridized carbons (Fsp3) is 0.462. The average molecular weight is 251 g/mol. The van der Waals surface area contributed by atoms with Gasteiger partial charge in [0.15, 0.2) is 0 Å². The molecular formula is C13H18FN3O. The fourth-order valence-electron chi connectivity index (χ4n) is 2.26. The van der Waals surface area contributed by atoms with Crippen molar-refractivity contribution in [2.75, 3.05) is 18.0 Å². The summed E-state index contributed by atoms with van der Waals surface area (Å²) in [6.07, 6.45) is 0. The molecule has 1 aromatic rings. The van der Waals surface area contributed by atoms with Crippen LogP contribution in [0.5, 0.6) is 0 Å². The fourth-order valence-corrected chi connectivity index (χ4v) is 2.26. The number of hydrogen-bond acceptors (Lipinski definition) is 3. The first-order valence-corrected chi connectivity index (χ1v) is 6.10. The SMILES string of the molecule is CC1C(=O)NCCN1c1ccc(F)cc1[C@H](C)N. The first-order chi connectivity index (χ1) is 8.50. The monoisotopic (exact) mass is 251 g/mol. The normalized spacial score (nSPS) is 21.7. The Labute approximate surface area is 106 Å². The summed E-state index contributed by atoms with van der Waals surface area (Å²) in [7, 11) is 0. The lowest BCUT2D eigenvalue weighted by molar-refractivity contribution is -0.122. The Morgan fingerprint density at radius 1 is 1.56 bits per heavy atom. The van der Waals surface area contributed by atoms with Crippen molar-refractivity contribution in [3.8, 4) is 0 Å². The zero-order valence-corrected chi connectivity index (χ0v) is 10.6. The van der Waals surface area contributed by atoms with Gasteiger partial charge in [-0.25, -0.2) is 4.39 Å². The van der Waals surface area contributed by atoms with E-state index < -0.39 is 0 Å². The highest BCUT2D eigenvalue weighted by Crippen LogP contribution is 2.28. The van der Waals surface area contributed by atoms with Gasteiger partial charge >= 0.3 is 0 Å². The van der Waals surface area contributed by atoms with Crippen LogP contribution in [-0.2, 0) is 4.79 Å². The van der Waals surface area contributed by atoms with E-state index >= 15 is 0 Å². The lowest BCUT2D eigenvalue weighted by atomic mass is 10.0. The Morgan fingerprint density at radius 2 is 2.28 bits per heavy atom. The van der Waals surface area contributed by atoms with Crippen LogP contribution in [0.25, 0.3) is 0 Å². The summed E-state index contributed by atoms with van der Waals surface area (Å²) in [4.78, 5) is 13.6. The second-order valence-electron chi connectivity index (χ2n) is 4.65. The molecule has 1 saturated heterocycles. The highest BCUT2D eigenvalue weighted by atomic mass is 19.1. The summed E-state index contributed by atoms with van der Waals surface area (Å²) < 4.78 is 13.3. The minimum Gasteiger partial charge on any atom is -0.358 e. The molecule has 1 aromatic carbocycles. The van der Waals surface area contributed by atoms with Crippen molar-refractivity contribution in [1.29, 1.82) is 0 Å². The number of benzene rings is 1. The van der Waals surface area contributed by atoms with Crippen molar-refractivity contribution in [2.45, 2.75) is 25.9 Å². The molecule has 5 heteroatoms. The first kappa shape index (κ1) is 12.8. The quantitative estimate of drug-likeness (QED) is 0.829. The summed E-state index contributed by atoms with van der Waals surface area (Å²) in [5, 5.41) is 2.81. The van der Waals surface area contributed by atoms with Gasteiger partial charge in [0.1, 0.15) is 11.9 Å². The molecule has 0 radical (unpaired) electrons. The van der Waals surface area contributed by atoms with Crippen LogP contribution in [0.1, 0.15) is 25.5 Å². The highest BCUT2D eigenvalue weighted by Gasteiger charge is 2.27. The van der Waals surface area contributed by atoms with Gasteiger partial charge in [0.05, 0.1) is 0 Å². The van der Waals surface area contributed by atoms with Crippen LogP contribution >= 0.6 is 0 Å². The largest absolute Gasteiger partial charge is 0.358 e. The number of nitrogens with zero attached hydrogens (tertiary/aromatic N) is 1. The molecule has 0 saturated carbocycles. The second kappa shape index (κ2) is 4.94. The number of hydrogen-bond donors (Lipinski definition) is 2.